The van der Waals surface area contributed by atoms with Crippen molar-refractivity contribution in [2.45, 2.75) is 65.7 Å². The number of rotatable bonds is 4. The highest BCUT2D eigenvalue weighted by Crippen LogP contribution is 2.41. The van der Waals surface area contributed by atoms with E-state index in [0.29, 0.717) is 12.2 Å². The Morgan fingerprint density at radius 1 is 1.09 bits per heavy atom. The molecule has 0 aromatic heterocycles. The van der Waals surface area contributed by atoms with Crippen LogP contribution < -0.4 is 0 Å². The van der Waals surface area contributed by atoms with E-state index in [0.717, 1.165) is 22.3 Å². The zero-order valence-electron chi connectivity index (χ0n) is 15.4. The van der Waals surface area contributed by atoms with Crippen LogP contribution in [0.5, 0.6) is 5.75 Å². The van der Waals surface area contributed by atoms with Crippen LogP contribution in [0.25, 0.3) is 5.57 Å². The zero-order valence-corrected chi connectivity index (χ0v) is 15.4. The van der Waals surface area contributed by atoms with Crippen LogP contribution in [0.4, 0.5) is 0 Å². The van der Waals surface area contributed by atoms with Crippen molar-refractivity contribution in [2.75, 3.05) is 0 Å². The molecule has 0 fully saturated rings. The standard InChI is InChI=1S/C20H30O3/c1-12(9-13(2)18(22)23)14-10-15(19(3,4)5)17(21)16(11-14)20(6,7)8/h10-11,13,21H,1,9H2,2-8H3,(H,22,23). The van der Waals surface area contributed by atoms with E-state index in [1.54, 1.807) is 6.92 Å². The Hall–Kier alpha value is -1.77. The molecular weight excluding hydrogens is 288 g/mol. The summed E-state index contributed by atoms with van der Waals surface area (Å²) < 4.78 is 0. The third kappa shape index (κ3) is 4.60. The summed E-state index contributed by atoms with van der Waals surface area (Å²) >= 11 is 0. The predicted molar refractivity (Wildman–Crippen MR) is 96.0 cm³/mol. The SMILES string of the molecule is C=C(CC(C)C(=O)O)c1cc(C(C)(C)C)c(O)c(C(C)(C)C)c1. The van der Waals surface area contributed by atoms with Gasteiger partial charge in [0.1, 0.15) is 5.75 Å². The third-order valence-corrected chi connectivity index (χ3v) is 4.11. The Morgan fingerprint density at radius 2 is 1.48 bits per heavy atom. The highest BCUT2D eigenvalue weighted by atomic mass is 16.4. The van der Waals surface area contributed by atoms with Gasteiger partial charge in [-0.3, -0.25) is 4.79 Å². The molecule has 0 amide bonds. The van der Waals surface area contributed by atoms with E-state index in [1.807, 2.05) is 12.1 Å². The fourth-order valence-corrected chi connectivity index (χ4v) is 2.56. The second kappa shape index (κ2) is 6.38. The first-order chi connectivity index (χ1) is 10.2. The normalized spacial score (nSPS) is 13.7. The van der Waals surface area contributed by atoms with E-state index in [-0.39, 0.29) is 10.8 Å². The van der Waals surface area contributed by atoms with Crippen molar-refractivity contribution in [2.24, 2.45) is 5.92 Å². The smallest absolute Gasteiger partial charge is 0.306 e. The number of benzene rings is 1. The van der Waals surface area contributed by atoms with Crippen molar-refractivity contribution in [1.29, 1.82) is 0 Å². The van der Waals surface area contributed by atoms with E-state index in [2.05, 4.69) is 48.1 Å². The lowest BCUT2D eigenvalue weighted by molar-refractivity contribution is -0.140. The summed E-state index contributed by atoms with van der Waals surface area (Å²) in [7, 11) is 0. The Kier molecular flexibility index (Phi) is 5.35. The number of carboxylic acid groups (broad SMARTS) is 1. The van der Waals surface area contributed by atoms with Gasteiger partial charge in [0.15, 0.2) is 0 Å². The predicted octanol–water partition coefficient (Wildman–Crippen LogP) is 5.11. The van der Waals surface area contributed by atoms with Crippen LogP contribution in [-0.2, 0) is 15.6 Å². The van der Waals surface area contributed by atoms with Crippen molar-refractivity contribution in [3.05, 3.63) is 35.4 Å². The van der Waals surface area contributed by atoms with Gasteiger partial charge >= 0.3 is 5.97 Å². The first kappa shape index (κ1) is 19.3. The largest absolute Gasteiger partial charge is 0.507 e. The van der Waals surface area contributed by atoms with Crippen LogP contribution in [0.3, 0.4) is 0 Å². The molecule has 0 aliphatic heterocycles. The summed E-state index contributed by atoms with van der Waals surface area (Å²) in [6, 6.07) is 3.89. The third-order valence-electron chi connectivity index (χ3n) is 4.11. The molecule has 0 aliphatic rings. The number of hydrogen-bond acceptors (Lipinski definition) is 2. The summed E-state index contributed by atoms with van der Waals surface area (Å²) in [5.74, 6) is -0.975. The fraction of sp³-hybridized carbons (Fsp3) is 0.550. The van der Waals surface area contributed by atoms with E-state index >= 15 is 0 Å². The maximum atomic E-state index is 11.1. The lowest BCUT2D eigenvalue weighted by Gasteiger charge is -2.28. The monoisotopic (exact) mass is 318 g/mol. The van der Waals surface area contributed by atoms with Crippen LogP contribution in [0, 0.1) is 5.92 Å². The van der Waals surface area contributed by atoms with Gasteiger partial charge in [-0.05, 0) is 40.5 Å². The Balaban J connectivity index is 3.45. The maximum Gasteiger partial charge on any atom is 0.306 e. The van der Waals surface area contributed by atoms with Gasteiger partial charge in [0.2, 0.25) is 0 Å². The molecule has 1 aromatic carbocycles. The summed E-state index contributed by atoms with van der Waals surface area (Å²) in [5.41, 5.74) is 3.01. The van der Waals surface area contributed by atoms with Gasteiger partial charge in [-0.2, -0.15) is 0 Å². The molecule has 0 spiro atoms. The number of carbonyl (C=O) groups is 1. The molecule has 1 unspecified atom stereocenters. The number of phenolic OH excluding ortho intramolecular Hbond substituents is 1. The molecule has 2 N–H and O–H groups in total. The minimum Gasteiger partial charge on any atom is -0.507 e. The molecule has 0 heterocycles. The molecule has 0 saturated heterocycles. The molecule has 1 rings (SSSR count). The number of hydrogen-bond donors (Lipinski definition) is 2. The molecule has 1 atom stereocenters. The summed E-state index contributed by atoms with van der Waals surface area (Å²) in [6.45, 7) is 18.1. The molecule has 0 saturated carbocycles. The topological polar surface area (TPSA) is 57.5 Å². The van der Waals surface area contributed by atoms with Crippen LogP contribution >= 0.6 is 0 Å². The van der Waals surface area contributed by atoms with Gasteiger partial charge in [-0.1, -0.05) is 55.0 Å². The molecule has 23 heavy (non-hydrogen) atoms. The highest BCUT2D eigenvalue weighted by Gasteiger charge is 2.27. The molecule has 0 aliphatic carbocycles. The number of phenols is 1. The quantitative estimate of drug-likeness (QED) is 0.811. The molecule has 1 aromatic rings. The Bertz CT molecular complexity index is 578. The first-order valence-corrected chi connectivity index (χ1v) is 8.04. The average molecular weight is 318 g/mol. The molecular formula is C20H30O3. The van der Waals surface area contributed by atoms with E-state index < -0.39 is 11.9 Å². The van der Waals surface area contributed by atoms with Gasteiger partial charge in [0.25, 0.3) is 0 Å². The number of allylic oxidation sites excluding steroid dienone is 1. The minimum atomic E-state index is -0.822. The van der Waals surface area contributed by atoms with Gasteiger partial charge in [-0.15, -0.1) is 0 Å². The summed E-state index contributed by atoms with van der Waals surface area (Å²) in [6.07, 6.45) is 0.396. The molecule has 3 nitrogen and oxygen atoms in total. The zero-order chi connectivity index (χ0) is 18.2. The molecule has 0 radical (unpaired) electrons. The lowest BCUT2D eigenvalue weighted by Crippen LogP contribution is -2.18. The summed E-state index contributed by atoms with van der Waals surface area (Å²) in [4.78, 5) is 11.1. The number of aliphatic carboxylic acids is 1. The number of carboxylic acids is 1. The fourth-order valence-electron chi connectivity index (χ4n) is 2.56. The van der Waals surface area contributed by atoms with E-state index in [1.165, 1.54) is 0 Å². The van der Waals surface area contributed by atoms with Crippen LogP contribution in [-0.4, -0.2) is 16.2 Å². The van der Waals surface area contributed by atoms with E-state index in [4.69, 9.17) is 5.11 Å². The van der Waals surface area contributed by atoms with Gasteiger partial charge < -0.3 is 10.2 Å². The van der Waals surface area contributed by atoms with Crippen molar-refractivity contribution in [1.82, 2.24) is 0 Å². The highest BCUT2D eigenvalue weighted by molar-refractivity contribution is 5.75. The van der Waals surface area contributed by atoms with Crippen molar-refractivity contribution in [3.63, 3.8) is 0 Å². The van der Waals surface area contributed by atoms with Crippen LogP contribution in [0.2, 0.25) is 0 Å². The van der Waals surface area contributed by atoms with Gasteiger partial charge in [0, 0.05) is 11.1 Å². The van der Waals surface area contributed by atoms with Gasteiger partial charge in [0.05, 0.1) is 5.92 Å². The molecule has 3 heteroatoms. The first-order valence-electron chi connectivity index (χ1n) is 8.04. The number of aromatic hydroxyl groups is 1. The second-order valence-electron chi connectivity index (χ2n) is 8.47. The minimum absolute atomic E-state index is 0.210. The summed E-state index contributed by atoms with van der Waals surface area (Å²) in [5, 5.41) is 19.8. The lowest BCUT2D eigenvalue weighted by atomic mass is 9.77. The Labute approximate surface area is 140 Å². The molecule has 0 bridgehead atoms. The second-order valence-corrected chi connectivity index (χ2v) is 8.47. The maximum absolute atomic E-state index is 11.1. The van der Waals surface area contributed by atoms with Crippen molar-refractivity contribution >= 4 is 11.5 Å². The van der Waals surface area contributed by atoms with Crippen molar-refractivity contribution < 1.29 is 15.0 Å². The molecule has 128 valence electrons. The van der Waals surface area contributed by atoms with Crippen LogP contribution in [0.15, 0.2) is 18.7 Å². The van der Waals surface area contributed by atoms with Gasteiger partial charge in [-0.25, -0.2) is 0 Å². The Morgan fingerprint density at radius 3 is 1.78 bits per heavy atom. The van der Waals surface area contributed by atoms with E-state index in [9.17, 15) is 9.90 Å². The average Bonchev–Trinajstić information content (AvgIpc) is 2.35. The van der Waals surface area contributed by atoms with Crippen molar-refractivity contribution in [3.8, 4) is 5.75 Å². The van der Waals surface area contributed by atoms with Crippen LogP contribution in [0.1, 0.15) is 71.6 Å².